The Balaban J connectivity index is 1.88. The molecule has 0 radical (unpaired) electrons. The van der Waals surface area contributed by atoms with Crippen molar-refractivity contribution in [3.8, 4) is 50.8 Å². The summed E-state index contributed by atoms with van der Waals surface area (Å²) in [7, 11) is 1.62. The number of nitrogens with zero attached hydrogens (tertiary/aromatic N) is 1. The van der Waals surface area contributed by atoms with Gasteiger partial charge in [0.15, 0.2) is 5.76 Å². The molecular formula is C23H19NO4. The van der Waals surface area contributed by atoms with Crippen LogP contribution in [0.4, 0.5) is 0 Å². The van der Waals surface area contributed by atoms with E-state index in [0.29, 0.717) is 22.6 Å². The molecule has 2 N–H and O–H groups in total. The summed E-state index contributed by atoms with van der Waals surface area (Å²) in [5, 5.41) is 25.0. The Hall–Kier alpha value is -3.73. The zero-order valence-corrected chi connectivity index (χ0v) is 15.5. The largest absolute Gasteiger partial charge is 0.507 e. The van der Waals surface area contributed by atoms with Gasteiger partial charge in [-0.2, -0.15) is 0 Å². The van der Waals surface area contributed by atoms with Gasteiger partial charge in [-0.15, -0.1) is 0 Å². The molecule has 1 heterocycles. The summed E-state index contributed by atoms with van der Waals surface area (Å²) in [6.45, 7) is 1.85. The Morgan fingerprint density at radius 2 is 1.50 bits per heavy atom. The molecule has 3 aromatic carbocycles. The third-order valence-electron chi connectivity index (χ3n) is 4.68. The zero-order chi connectivity index (χ0) is 19.7. The molecular weight excluding hydrogens is 354 g/mol. The third-order valence-corrected chi connectivity index (χ3v) is 4.68. The van der Waals surface area contributed by atoms with E-state index < -0.39 is 0 Å². The second-order valence-corrected chi connectivity index (χ2v) is 6.45. The van der Waals surface area contributed by atoms with Gasteiger partial charge in [0.1, 0.15) is 17.2 Å². The maximum Gasteiger partial charge on any atom is 0.178 e. The number of aryl methyl sites for hydroxylation is 1. The first kappa shape index (κ1) is 17.7. The normalized spacial score (nSPS) is 10.8. The number of benzene rings is 3. The molecule has 28 heavy (non-hydrogen) atoms. The van der Waals surface area contributed by atoms with E-state index in [0.717, 1.165) is 22.4 Å². The van der Waals surface area contributed by atoms with E-state index >= 15 is 0 Å². The highest BCUT2D eigenvalue weighted by atomic mass is 16.5. The first-order valence-corrected chi connectivity index (χ1v) is 8.81. The van der Waals surface area contributed by atoms with Crippen LogP contribution in [-0.2, 0) is 0 Å². The molecule has 4 aromatic rings. The topological polar surface area (TPSA) is 75.7 Å². The van der Waals surface area contributed by atoms with E-state index in [1.54, 1.807) is 13.2 Å². The van der Waals surface area contributed by atoms with E-state index in [9.17, 15) is 10.2 Å². The molecule has 0 spiro atoms. The van der Waals surface area contributed by atoms with Crippen LogP contribution in [0.5, 0.6) is 17.2 Å². The van der Waals surface area contributed by atoms with E-state index in [1.807, 2.05) is 61.5 Å². The Bertz CT molecular complexity index is 1120. The van der Waals surface area contributed by atoms with E-state index in [2.05, 4.69) is 5.16 Å². The van der Waals surface area contributed by atoms with Crippen LogP contribution in [0.2, 0.25) is 0 Å². The molecule has 140 valence electrons. The number of ether oxygens (including phenoxy) is 1. The van der Waals surface area contributed by atoms with E-state index in [-0.39, 0.29) is 11.5 Å². The minimum atomic E-state index is -0.0805. The predicted molar refractivity (Wildman–Crippen MR) is 107 cm³/mol. The van der Waals surface area contributed by atoms with Gasteiger partial charge in [0.05, 0.1) is 23.9 Å². The van der Waals surface area contributed by atoms with Crippen LogP contribution < -0.4 is 4.74 Å². The molecule has 0 aliphatic heterocycles. The van der Waals surface area contributed by atoms with Gasteiger partial charge in [-0.25, -0.2) is 0 Å². The summed E-state index contributed by atoms with van der Waals surface area (Å²) < 4.78 is 10.8. The SMILES string of the molecule is COc1ccc(-c2c(C)noc2-c2cc(-c3ccccc3)c(O)cc2O)cc1. The third kappa shape index (κ3) is 3.07. The van der Waals surface area contributed by atoms with Crippen molar-refractivity contribution < 1.29 is 19.5 Å². The van der Waals surface area contributed by atoms with Crippen LogP contribution in [0.3, 0.4) is 0 Å². The van der Waals surface area contributed by atoms with Crippen molar-refractivity contribution >= 4 is 0 Å². The summed E-state index contributed by atoms with van der Waals surface area (Å²) >= 11 is 0. The van der Waals surface area contributed by atoms with Crippen LogP contribution in [0.1, 0.15) is 5.69 Å². The first-order chi connectivity index (χ1) is 13.6. The summed E-state index contributed by atoms with van der Waals surface area (Å²) in [5.41, 5.74) is 4.27. The van der Waals surface area contributed by atoms with E-state index in [1.165, 1.54) is 6.07 Å². The summed E-state index contributed by atoms with van der Waals surface area (Å²) in [5.74, 6) is 1.10. The number of phenols is 2. The fourth-order valence-electron chi connectivity index (χ4n) is 3.26. The molecule has 5 nitrogen and oxygen atoms in total. The monoisotopic (exact) mass is 373 g/mol. The zero-order valence-electron chi connectivity index (χ0n) is 15.5. The van der Waals surface area contributed by atoms with Gasteiger partial charge in [0.2, 0.25) is 0 Å². The van der Waals surface area contributed by atoms with Crippen LogP contribution >= 0.6 is 0 Å². The van der Waals surface area contributed by atoms with Crippen molar-refractivity contribution in [1.82, 2.24) is 5.16 Å². The fraction of sp³-hybridized carbons (Fsp3) is 0.0870. The molecule has 4 rings (SSSR count). The smallest absolute Gasteiger partial charge is 0.178 e. The lowest BCUT2D eigenvalue weighted by atomic mass is 9.95. The molecule has 0 aliphatic carbocycles. The molecule has 0 fully saturated rings. The Morgan fingerprint density at radius 3 is 2.18 bits per heavy atom. The van der Waals surface area contributed by atoms with Crippen LogP contribution in [0, 0.1) is 6.92 Å². The predicted octanol–water partition coefficient (Wildman–Crippen LogP) is 5.40. The molecule has 0 saturated heterocycles. The maximum atomic E-state index is 10.5. The molecule has 0 aliphatic rings. The van der Waals surface area contributed by atoms with Gasteiger partial charge < -0.3 is 19.5 Å². The standard InChI is InChI=1S/C23H19NO4/c1-14-22(16-8-10-17(27-2)11-9-16)23(28-24-14)19-12-18(20(25)13-21(19)26)15-6-4-3-5-7-15/h3-13,25-26H,1-2H3. The van der Waals surface area contributed by atoms with Gasteiger partial charge in [-0.3, -0.25) is 0 Å². The molecule has 0 atom stereocenters. The fourth-order valence-corrected chi connectivity index (χ4v) is 3.26. The average Bonchev–Trinajstić information content (AvgIpc) is 3.10. The molecule has 0 amide bonds. The van der Waals surface area contributed by atoms with Gasteiger partial charge >= 0.3 is 0 Å². The van der Waals surface area contributed by atoms with Crippen LogP contribution in [-0.4, -0.2) is 22.5 Å². The van der Waals surface area contributed by atoms with Crippen molar-refractivity contribution in [2.75, 3.05) is 7.11 Å². The molecule has 0 bridgehead atoms. The van der Waals surface area contributed by atoms with Gasteiger partial charge in [-0.05, 0) is 36.2 Å². The number of methoxy groups -OCH3 is 1. The number of phenolic OH excluding ortho intramolecular Hbond substituents is 2. The summed E-state index contributed by atoms with van der Waals surface area (Å²) in [6.07, 6.45) is 0. The number of aromatic nitrogens is 1. The minimum Gasteiger partial charge on any atom is -0.507 e. The summed E-state index contributed by atoms with van der Waals surface area (Å²) in [6, 6.07) is 20.1. The molecule has 0 saturated carbocycles. The van der Waals surface area contributed by atoms with Gasteiger partial charge in [0, 0.05) is 11.6 Å². The lowest BCUT2D eigenvalue weighted by Crippen LogP contribution is -1.87. The van der Waals surface area contributed by atoms with Crippen molar-refractivity contribution in [2.45, 2.75) is 6.92 Å². The van der Waals surface area contributed by atoms with Crippen LogP contribution in [0.25, 0.3) is 33.6 Å². The average molecular weight is 373 g/mol. The second-order valence-electron chi connectivity index (χ2n) is 6.45. The first-order valence-electron chi connectivity index (χ1n) is 8.81. The summed E-state index contributed by atoms with van der Waals surface area (Å²) in [4.78, 5) is 0. The number of rotatable bonds is 4. The number of aromatic hydroxyl groups is 2. The minimum absolute atomic E-state index is 0.00492. The number of hydrogen-bond donors (Lipinski definition) is 2. The van der Waals surface area contributed by atoms with E-state index in [4.69, 9.17) is 9.26 Å². The Labute approximate surface area is 162 Å². The van der Waals surface area contributed by atoms with Crippen molar-refractivity contribution in [2.24, 2.45) is 0 Å². The highest BCUT2D eigenvalue weighted by Crippen LogP contribution is 2.44. The molecule has 0 unspecified atom stereocenters. The van der Waals surface area contributed by atoms with Crippen LogP contribution in [0.15, 0.2) is 71.3 Å². The lowest BCUT2D eigenvalue weighted by molar-refractivity contribution is 0.415. The molecule has 5 heteroatoms. The highest BCUT2D eigenvalue weighted by Gasteiger charge is 2.21. The van der Waals surface area contributed by atoms with Crippen molar-refractivity contribution in [3.05, 3.63) is 72.4 Å². The second kappa shape index (κ2) is 7.12. The highest BCUT2D eigenvalue weighted by molar-refractivity contribution is 5.87. The molecule has 1 aromatic heterocycles. The quantitative estimate of drug-likeness (QED) is 0.501. The maximum absolute atomic E-state index is 10.5. The lowest BCUT2D eigenvalue weighted by Gasteiger charge is -2.10. The number of hydrogen-bond acceptors (Lipinski definition) is 5. The Kier molecular flexibility index (Phi) is 4.49. The Morgan fingerprint density at radius 1 is 0.821 bits per heavy atom. The van der Waals surface area contributed by atoms with Gasteiger partial charge in [-0.1, -0.05) is 47.6 Å². The van der Waals surface area contributed by atoms with Crippen molar-refractivity contribution in [1.29, 1.82) is 0 Å². The van der Waals surface area contributed by atoms with Gasteiger partial charge in [0.25, 0.3) is 0 Å². The van der Waals surface area contributed by atoms with Crippen molar-refractivity contribution in [3.63, 3.8) is 0 Å².